The number of nitrogens with zero attached hydrogens (tertiary/aromatic N) is 2. The van der Waals surface area contributed by atoms with Crippen molar-refractivity contribution >= 4 is 44.3 Å². The van der Waals surface area contributed by atoms with Crippen LogP contribution in [0.15, 0.2) is 29.0 Å². The van der Waals surface area contributed by atoms with Crippen molar-refractivity contribution in [2.75, 3.05) is 11.2 Å². The number of hydrogen-bond donors (Lipinski definition) is 1. The van der Waals surface area contributed by atoms with Crippen LogP contribution in [0.1, 0.15) is 26.7 Å². The molecule has 0 aliphatic heterocycles. The Morgan fingerprint density at radius 1 is 1.32 bits per heavy atom. The summed E-state index contributed by atoms with van der Waals surface area (Å²) in [5.74, 6) is 0.570. The lowest BCUT2D eigenvalue weighted by atomic mass is 9.95. The number of rotatable bonds is 5. The van der Waals surface area contributed by atoms with E-state index < -0.39 is 0 Å². The number of halogens is 2. The molecule has 2 aromatic rings. The maximum atomic E-state index is 6.14. The van der Waals surface area contributed by atoms with E-state index in [0.29, 0.717) is 5.88 Å². The van der Waals surface area contributed by atoms with Gasteiger partial charge in [0.05, 0.1) is 16.7 Å². The van der Waals surface area contributed by atoms with Gasteiger partial charge in [-0.05, 0) is 40.9 Å². The monoisotopic (exact) mass is 341 g/mol. The van der Waals surface area contributed by atoms with Crippen molar-refractivity contribution in [1.29, 1.82) is 0 Å². The van der Waals surface area contributed by atoms with Crippen molar-refractivity contribution in [3.8, 4) is 0 Å². The summed E-state index contributed by atoms with van der Waals surface area (Å²) in [4.78, 5) is 8.80. The van der Waals surface area contributed by atoms with Gasteiger partial charge >= 0.3 is 0 Å². The fourth-order valence-corrected chi connectivity index (χ4v) is 2.81. The number of alkyl halides is 1. The zero-order valence-corrected chi connectivity index (χ0v) is 13.4. The third-order valence-corrected chi connectivity index (χ3v) is 4.50. The minimum Gasteiger partial charge on any atom is -0.377 e. The number of anilines is 1. The average Bonchev–Trinajstić information content (AvgIpc) is 2.44. The number of hydrogen-bond acceptors (Lipinski definition) is 3. The first-order valence-electron chi connectivity index (χ1n) is 6.38. The van der Waals surface area contributed by atoms with E-state index in [0.717, 1.165) is 34.0 Å². The van der Waals surface area contributed by atoms with Crippen LogP contribution in [0.25, 0.3) is 11.0 Å². The second-order valence-corrected chi connectivity index (χ2v) is 5.81. The van der Waals surface area contributed by atoms with Crippen molar-refractivity contribution in [3.05, 3.63) is 29.0 Å². The standard InChI is InChI=1S/C14H17BrClN3/c1-3-14(4-2,9-16)19-11-5-6-17-12-7-10(15)8-18-13(11)12/h5-8H,3-4,9H2,1-2H3,(H,17,19). The Hall–Kier alpha value is -0.870. The molecule has 3 nitrogen and oxygen atoms in total. The van der Waals surface area contributed by atoms with Crippen LogP contribution >= 0.6 is 27.5 Å². The fraction of sp³-hybridized carbons (Fsp3) is 0.429. The number of fused-ring (bicyclic) bond motifs is 1. The fourth-order valence-electron chi connectivity index (χ4n) is 2.04. The first-order chi connectivity index (χ1) is 9.14. The molecule has 1 N–H and O–H groups in total. The van der Waals surface area contributed by atoms with Crippen LogP contribution in [0.2, 0.25) is 0 Å². The molecule has 0 atom stereocenters. The van der Waals surface area contributed by atoms with Crippen LogP contribution in [-0.4, -0.2) is 21.4 Å². The van der Waals surface area contributed by atoms with Gasteiger partial charge < -0.3 is 5.32 Å². The van der Waals surface area contributed by atoms with E-state index in [4.69, 9.17) is 11.6 Å². The van der Waals surface area contributed by atoms with Gasteiger partial charge in [-0.15, -0.1) is 11.6 Å². The Labute approximate surface area is 126 Å². The zero-order chi connectivity index (χ0) is 13.9. The number of pyridine rings is 2. The molecule has 0 spiro atoms. The predicted octanol–water partition coefficient (Wildman–Crippen LogP) is 4.60. The molecule has 102 valence electrons. The van der Waals surface area contributed by atoms with E-state index >= 15 is 0 Å². The summed E-state index contributed by atoms with van der Waals surface area (Å²) in [5.41, 5.74) is 2.64. The Kier molecular flexibility index (Phi) is 4.63. The molecule has 0 saturated carbocycles. The second-order valence-electron chi connectivity index (χ2n) is 4.63. The molecule has 2 heterocycles. The molecular weight excluding hydrogens is 326 g/mol. The highest BCUT2D eigenvalue weighted by Gasteiger charge is 2.25. The number of nitrogens with one attached hydrogen (secondary N) is 1. The summed E-state index contributed by atoms with van der Waals surface area (Å²) in [7, 11) is 0. The van der Waals surface area contributed by atoms with Crippen LogP contribution in [0, 0.1) is 0 Å². The average molecular weight is 343 g/mol. The van der Waals surface area contributed by atoms with Gasteiger partial charge in [0.25, 0.3) is 0 Å². The van der Waals surface area contributed by atoms with Crippen molar-refractivity contribution in [3.63, 3.8) is 0 Å². The van der Waals surface area contributed by atoms with E-state index in [1.54, 1.807) is 12.4 Å². The van der Waals surface area contributed by atoms with Crippen molar-refractivity contribution in [1.82, 2.24) is 9.97 Å². The lowest BCUT2D eigenvalue weighted by Gasteiger charge is -2.32. The molecule has 0 aliphatic carbocycles. The highest BCUT2D eigenvalue weighted by molar-refractivity contribution is 9.10. The summed E-state index contributed by atoms with van der Waals surface area (Å²) in [5, 5.41) is 3.55. The molecule has 0 radical (unpaired) electrons. The largest absolute Gasteiger partial charge is 0.377 e. The molecule has 5 heteroatoms. The van der Waals surface area contributed by atoms with Gasteiger partial charge in [0.15, 0.2) is 0 Å². The molecule has 2 rings (SSSR count). The summed E-state index contributed by atoms with van der Waals surface area (Å²) in [6, 6.07) is 3.92. The molecule has 0 aromatic carbocycles. The van der Waals surface area contributed by atoms with Crippen LogP contribution < -0.4 is 5.32 Å². The van der Waals surface area contributed by atoms with Crippen LogP contribution in [0.3, 0.4) is 0 Å². The van der Waals surface area contributed by atoms with E-state index in [2.05, 4.69) is 45.1 Å². The van der Waals surface area contributed by atoms with Gasteiger partial charge in [0.1, 0.15) is 5.52 Å². The van der Waals surface area contributed by atoms with Gasteiger partial charge in [-0.1, -0.05) is 13.8 Å². The Morgan fingerprint density at radius 3 is 2.68 bits per heavy atom. The highest BCUT2D eigenvalue weighted by atomic mass is 79.9. The second kappa shape index (κ2) is 6.06. The van der Waals surface area contributed by atoms with E-state index in [-0.39, 0.29) is 5.54 Å². The molecule has 0 amide bonds. The minimum atomic E-state index is -0.0927. The summed E-state index contributed by atoms with van der Waals surface area (Å²) >= 11 is 9.56. The van der Waals surface area contributed by atoms with Gasteiger partial charge in [0.2, 0.25) is 0 Å². The van der Waals surface area contributed by atoms with E-state index in [1.165, 1.54) is 0 Å². The molecule has 0 unspecified atom stereocenters. The zero-order valence-electron chi connectivity index (χ0n) is 11.1. The van der Waals surface area contributed by atoms with Crippen molar-refractivity contribution in [2.45, 2.75) is 32.2 Å². The first kappa shape index (κ1) is 14.5. The molecule has 0 aliphatic rings. The van der Waals surface area contributed by atoms with Crippen molar-refractivity contribution < 1.29 is 0 Å². The Balaban J connectivity index is 2.45. The van der Waals surface area contributed by atoms with Crippen LogP contribution in [-0.2, 0) is 0 Å². The minimum absolute atomic E-state index is 0.0927. The quantitative estimate of drug-likeness (QED) is 0.807. The van der Waals surface area contributed by atoms with Crippen molar-refractivity contribution in [2.24, 2.45) is 0 Å². The normalized spacial score (nSPS) is 11.8. The van der Waals surface area contributed by atoms with Gasteiger partial charge in [-0.3, -0.25) is 9.97 Å². The topological polar surface area (TPSA) is 37.8 Å². The smallest absolute Gasteiger partial charge is 0.112 e. The van der Waals surface area contributed by atoms with Gasteiger partial charge in [0, 0.05) is 22.7 Å². The van der Waals surface area contributed by atoms with Gasteiger partial charge in [-0.2, -0.15) is 0 Å². The Morgan fingerprint density at radius 2 is 2.05 bits per heavy atom. The molecule has 19 heavy (non-hydrogen) atoms. The Bertz CT molecular complexity index is 561. The molecular formula is C14H17BrClN3. The van der Waals surface area contributed by atoms with Crippen LogP contribution in [0.5, 0.6) is 0 Å². The highest BCUT2D eigenvalue weighted by Crippen LogP contribution is 2.28. The third-order valence-electron chi connectivity index (χ3n) is 3.55. The maximum Gasteiger partial charge on any atom is 0.112 e. The van der Waals surface area contributed by atoms with Crippen LogP contribution in [0.4, 0.5) is 5.69 Å². The number of aromatic nitrogens is 2. The molecule has 0 bridgehead atoms. The van der Waals surface area contributed by atoms with Gasteiger partial charge in [-0.25, -0.2) is 0 Å². The molecule has 0 saturated heterocycles. The summed E-state index contributed by atoms with van der Waals surface area (Å²) in [6.07, 6.45) is 5.51. The lowest BCUT2D eigenvalue weighted by molar-refractivity contribution is 0.485. The predicted molar refractivity (Wildman–Crippen MR) is 84.9 cm³/mol. The molecule has 2 aromatic heterocycles. The summed E-state index contributed by atoms with van der Waals surface area (Å²) < 4.78 is 0.930. The first-order valence-corrected chi connectivity index (χ1v) is 7.71. The summed E-state index contributed by atoms with van der Waals surface area (Å²) in [6.45, 7) is 4.29. The third kappa shape index (κ3) is 3.00. The van der Waals surface area contributed by atoms with E-state index in [1.807, 2.05) is 12.1 Å². The molecule has 0 fully saturated rings. The maximum absolute atomic E-state index is 6.14. The lowest BCUT2D eigenvalue weighted by Crippen LogP contribution is -2.39. The SMILES string of the molecule is CCC(CC)(CCl)Nc1ccnc2cc(Br)cnc12. The van der Waals surface area contributed by atoms with E-state index in [9.17, 15) is 0 Å².